The number of carbonyl (C=O) groups excluding carboxylic acids is 1. The lowest BCUT2D eigenvalue weighted by molar-refractivity contribution is -0.120. The van der Waals surface area contributed by atoms with Crippen LogP contribution in [0.2, 0.25) is 0 Å². The molecule has 0 radical (unpaired) electrons. The fourth-order valence-electron chi connectivity index (χ4n) is 4.54. The van der Waals surface area contributed by atoms with Gasteiger partial charge >= 0.3 is 0 Å². The quantitative estimate of drug-likeness (QED) is 0.475. The van der Waals surface area contributed by atoms with Crippen LogP contribution in [-0.4, -0.2) is 27.7 Å². The van der Waals surface area contributed by atoms with Crippen molar-refractivity contribution in [2.45, 2.75) is 65.2 Å². The summed E-state index contributed by atoms with van der Waals surface area (Å²) in [4.78, 5) is 23.9. The highest BCUT2D eigenvalue weighted by Gasteiger charge is 2.32. The number of aliphatic hydroxyl groups is 1. The smallest absolute Gasteiger partial charge is 0.254 e. The zero-order chi connectivity index (χ0) is 27.1. The summed E-state index contributed by atoms with van der Waals surface area (Å²) in [5.41, 5.74) is 1.81. The van der Waals surface area contributed by atoms with Gasteiger partial charge in [-0.3, -0.25) is 9.59 Å². The first kappa shape index (κ1) is 26.4. The van der Waals surface area contributed by atoms with E-state index in [1.807, 2.05) is 6.07 Å². The maximum Gasteiger partial charge on any atom is 0.254 e. The normalized spacial score (nSPS) is 17.2. The number of aryl methyl sites for hydroxylation is 3. The molecule has 7 nitrogen and oxygen atoms in total. The van der Waals surface area contributed by atoms with Crippen LogP contribution in [-0.2, 0) is 17.4 Å². The molecule has 0 saturated heterocycles. The monoisotopic (exact) mass is 508 g/mol. The summed E-state index contributed by atoms with van der Waals surface area (Å²) >= 11 is 0. The number of nitrogens with one attached hydrogen (secondary N) is 1. The van der Waals surface area contributed by atoms with E-state index < -0.39 is 5.60 Å². The lowest BCUT2D eigenvalue weighted by Crippen LogP contribution is -2.48. The number of halogens is 1. The summed E-state index contributed by atoms with van der Waals surface area (Å²) in [6.45, 7) is 8.42. The van der Waals surface area contributed by atoms with Gasteiger partial charge in [0, 0.05) is 56.2 Å². The number of pyridine rings is 1. The van der Waals surface area contributed by atoms with Gasteiger partial charge in [-0.25, -0.2) is 4.39 Å². The van der Waals surface area contributed by atoms with Gasteiger partial charge in [0.2, 0.25) is 5.91 Å². The fourth-order valence-corrected chi connectivity index (χ4v) is 4.54. The van der Waals surface area contributed by atoms with E-state index in [9.17, 15) is 19.1 Å². The van der Waals surface area contributed by atoms with Gasteiger partial charge in [0.05, 0.1) is 5.60 Å². The van der Waals surface area contributed by atoms with Crippen molar-refractivity contribution in [3.05, 3.63) is 75.5 Å². The molecule has 1 fully saturated rings. The lowest BCUT2D eigenvalue weighted by Gasteiger charge is -2.36. The number of hydrogen-bond acceptors (Lipinski definition) is 5. The number of nitrogens with zero attached hydrogens (tertiary/aromatic N) is 1. The van der Waals surface area contributed by atoms with Crippen LogP contribution in [0.25, 0.3) is 11.1 Å². The minimum absolute atomic E-state index is 0.0410. The van der Waals surface area contributed by atoms with Crippen molar-refractivity contribution in [2.24, 2.45) is 7.05 Å². The van der Waals surface area contributed by atoms with Crippen molar-refractivity contribution in [1.29, 1.82) is 0 Å². The van der Waals surface area contributed by atoms with E-state index in [-0.39, 0.29) is 29.4 Å². The van der Waals surface area contributed by atoms with E-state index in [0.717, 1.165) is 0 Å². The minimum atomic E-state index is -1.13. The van der Waals surface area contributed by atoms with Gasteiger partial charge in [0.25, 0.3) is 5.56 Å². The first-order valence-electron chi connectivity index (χ1n) is 12.3. The Morgan fingerprint density at radius 3 is 2.32 bits per heavy atom. The Balaban J connectivity index is 1.80. The van der Waals surface area contributed by atoms with E-state index in [1.54, 1.807) is 53.1 Å². The second kappa shape index (κ2) is 10.0. The van der Waals surface area contributed by atoms with Crippen LogP contribution in [0.4, 0.5) is 4.39 Å². The molecule has 1 aromatic heterocycles. The average molecular weight is 509 g/mol. The van der Waals surface area contributed by atoms with Gasteiger partial charge in [-0.2, -0.15) is 0 Å². The van der Waals surface area contributed by atoms with E-state index in [1.165, 1.54) is 29.7 Å². The summed E-state index contributed by atoms with van der Waals surface area (Å²) in [6.07, 6.45) is 2.79. The van der Waals surface area contributed by atoms with Crippen LogP contribution in [0.15, 0.2) is 47.4 Å². The van der Waals surface area contributed by atoms with Crippen molar-refractivity contribution < 1.29 is 23.8 Å². The van der Waals surface area contributed by atoms with Crippen LogP contribution in [0.1, 0.15) is 50.3 Å². The number of benzene rings is 2. The molecule has 8 heteroatoms. The molecule has 37 heavy (non-hydrogen) atoms. The summed E-state index contributed by atoms with van der Waals surface area (Å²) in [5.74, 6) is 0.961. The SMILES string of the molecule is CC(=O)NC1CC(Oc2cc(=O)n(C)cc2-c2cc(C(C)(C)O)ccc2Oc2c(C)cc(F)cc2C)C1. The molecule has 1 aliphatic carbocycles. The highest BCUT2D eigenvalue weighted by Crippen LogP contribution is 2.42. The van der Waals surface area contributed by atoms with Crippen molar-refractivity contribution in [3.8, 4) is 28.4 Å². The van der Waals surface area contributed by atoms with Gasteiger partial charge in [-0.05, 0) is 68.7 Å². The maximum atomic E-state index is 13.9. The predicted molar refractivity (Wildman–Crippen MR) is 140 cm³/mol. The molecule has 1 saturated carbocycles. The largest absolute Gasteiger partial charge is 0.489 e. The first-order valence-corrected chi connectivity index (χ1v) is 12.3. The fraction of sp³-hybridized carbons (Fsp3) is 0.379. The topological polar surface area (TPSA) is 89.8 Å². The van der Waals surface area contributed by atoms with Crippen LogP contribution >= 0.6 is 0 Å². The zero-order valence-electron chi connectivity index (χ0n) is 22.0. The Bertz CT molecular complexity index is 1380. The highest BCUT2D eigenvalue weighted by atomic mass is 19.1. The molecule has 2 aromatic carbocycles. The predicted octanol–water partition coefficient (Wildman–Crippen LogP) is 4.87. The summed E-state index contributed by atoms with van der Waals surface area (Å²) < 4.78 is 28.0. The van der Waals surface area contributed by atoms with Crippen molar-refractivity contribution >= 4 is 5.91 Å². The maximum absolute atomic E-state index is 13.9. The minimum Gasteiger partial charge on any atom is -0.489 e. The third kappa shape index (κ3) is 5.85. The number of amides is 1. The van der Waals surface area contributed by atoms with E-state index in [4.69, 9.17) is 9.47 Å². The Kier molecular flexibility index (Phi) is 7.15. The van der Waals surface area contributed by atoms with Gasteiger partial charge in [-0.1, -0.05) is 6.07 Å². The Hall–Kier alpha value is -3.65. The van der Waals surface area contributed by atoms with Crippen LogP contribution < -0.4 is 20.3 Å². The molecule has 0 unspecified atom stereocenters. The molecule has 0 bridgehead atoms. The number of rotatable bonds is 7. The summed E-state index contributed by atoms with van der Waals surface area (Å²) in [5, 5.41) is 13.6. The molecule has 196 valence electrons. The van der Waals surface area contributed by atoms with Crippen LogP contribution in [0, 0.1) is 19.7 Å². The van der Waals surface area contributed by atoms with E-state index in [0.29, 0.717) is 57.9 Å². The lowest BCUT2D eigenvalue weighted by atomic mass is 9.89. The van der Waals surface area contributed by atoms with Gasteiger partial charge in [0.15, 0.2) is 0 Å². The number of ether oxygens (including phenoxy) is 2. The van der Waals surface area contributed by atoms with E-state index in [2.05, 4.69) is 5.32 Å². The molecule has 2 N–H and O–H groups in total. The van der Waals surface area contributed by atoms with Crippen molar-refractivity contribution in [3.63, 3.8) is 0 Å². The Morgan fingerprint density at radius 2 is 1.73 bits per heavy atom. The second-order valence-electron chi connectivity index (χ2n) is 10.3. The van der Waals surface area contributed by atoms with Gasteiger partial charge < -0.3 is 24.5 Å². The van der Waals surface area contributed by atoms with Gasteiger partial charge in [-0.15, -0.1) is 0 Å². The Labute approximate surface area is 215 Å². The number of hydrogen-bond donors (Lipinski definition) is 2. The van der Waals surface area contributed by atoms with Crippen molar-refractivity contribution in [1.82, 2.24) is 9.88 Å². The Morgan fingerprint density at radius 1 is 1.08 bits per heavy atom. The molecule has 0 spiro atoms. The molecule has 0 atom stereocenters. The highest BCUT2D eigenvalue weighted by molar-refractivity contribution is 5.77. The third-order valence-electron chi connectivity index (χ3n) is 6.60. The molecule has 0 aliphatic heterocycles. The standard InChI is InChI=1S/C29H33FN2O5/c1-16-9-20(30)10-17(2)28(16)37-25-8-7-19(29(4,5)35)11-23(25)24-15-32(6)27(34)14-26(24)36-22-12-21(13-22)31-18(3)33/h7-11,14-15,21-22,35H,12-13H2,1-6H3,(H,31,33). The average Bonchev–Trinajstić information content (AvgIpc) is 2.76. The van der Waals surface area contributed by atoms with Crippen LogP contribution in [0.3, 0.4) is 0 Å². The molecule has 4 rings (SSSR count). The zero-order valence-corrected chi connectivity index (χ0v) is 22.0. The van der Waals surface area contributed by atoms with E-state index >= 15 is 0 Å². The molecule has 1 amide bonds. The molecule has 3 aromatic rings. The molecular weight excluding hydrogens is 475 g/mol. The third-order valence-corrected chi connectivity index (χ3v) is 6.60. The number of aromatic nitrogens is 1. The molecular formula is C29H33FN2O5. The molecule has 1 heterocycles. The van der Waals surface area contributed by atoms with Crippen molar-refractivity contribution in [2.75, 3.05) is 0 Å². The van der Waals surface area contributed by atoms with Gasteiger partial charge in [0.1, 0.15) is 29.2 Å². The summed E-state index contributed by atoms with van der Waals surface area (Å²) in [7, 11) is 1.65. The second-order valence-corrected chi connectivity index (χ2v) is 10.3. The van der Waals surface area contributed by atoms with Crippen LogP contribution in [0.5, 0.6) is 17.2 Å². The summed E-state index contributed by atoms with van der Waals surface area (Å²) in [6, 6.07) is 9.66. The molecule has 1 aliphatic rings. The number of carbonyl (C=O) groups is 1. The first-order chi connectivity index (χ1) is 17.3.